The van der Waals surface area contributed by atoms with Crippen molar-refractivity contribution in [3.8, 4) is 16.9 Å². The normalized spacial score (nSPS) is 18.6. The Morgan fingerprint density at radius 3 is 1.84 bits per heavy atom. The first-order chi connectivity index (χ1) is 15.8. The van der Waals surface area contributed by atoms with Gasteiger partial charge in [-0.05, 0) is 72.8 Å². The molecule has 32 heavy (non-hydrogen) atoms. The minimum atomic E-state index is 0.768. The van der Waals surface area contributed by atoms with Crippen molar-refractivity contribution in [1.29, 1.82) is 0 Å². The highest BCUT2D eigenvalue weighted by Crippen LogP contribution is 2.38. The minimum Gasteiger partial charge on any atom is -0.494 e. The Bertz CT molecular complexity index is 722. The molecule has 0 bridgehead atoms. The van der Waals surface area contributed by atoms with Crippen LogP contribution in [-0.2, 0) is 0 Å². The lowest BCUT2D eigenvalue weighted by Crippen LogP contribution is -2.13. The molecule has 0 spiro atoms. The van der Waals surface area contributed by atoms with Crippen LogP contribution >= 0.6 is 0 Å². The van der Waals surface area contributed by atoms with Crippen molar-refractivity contribution in [3.05, 3.63) is 54.1 Å². The van der Waals surface area contributed by atoms with Crippen molar-refractivity contribution >= 4 is 0 Å². The maximum atomic E-state index is 5.94. The quantitative estimate of drug-likeness (QED) is 0.269. The molecule has 1 nitrogen and oxygen atoms in total. The maximum Gasteiger partial charge on any atom is 0.119 e. The van der Waals surface area contributed by atoms with Gasteiger partial charge in [0.1, 0.15) is 5.75 Å². The number of hydrogen-bond donors (Lipinski definition) is 0. The molecule has 2 aromatic rings. The largest absolute Gasteiger partial charge is 0.494 e. The second-order valence-electron chi connectivity index (χ2n) is 9.98. The third kappa shape index (κ3) is 8.30. The average Bonchev–Trinajstić information content (AvgIpc) is 2.85. The van der Waals surface area contributed by atoms with Crippen LogP contribution < -0.4 is 4.74 Å². The number of unbranched alkanes of at least 4 members (excludes halogenated alkanes) is 7. The fourth-order valence-electron chi connectivity index (χ4n) is 5.23. The van der Waals surface area contributed by atoms with Crippen molar-refractivity contribution in [2.75, 3.05) is 6.61 Å². The smallest absolute Gasteiger partial charge is 0.119 e. The molecule has 3 rings (SSSR count). The van der Waals surface area contributed by atoms with Crippen molar-refractivity contribution < 1.29 is 4.74 Å². The predicted molar refractivity (Wildman–Crippen MR) is 140 cm³/mol. The molecule has 1 fully saturated rings. The van der Waals surface area contributed by atoms with Crippen molar-refractivity contribution in [3.63, 3.8) is 0 Å². The highest BCUT2D eigenvalue weighted by molar-refractivity contribution is 5.64. The molecule has 176 valence electrons. The first kappa shape index (κ1) is 24.9. The van der Waals surface area contributed by atoms with Crippen LogP contribution in [-0.4, -0.2) is 6.61 Å². The Kier molecular flexibility index (Phi) is 11.2. The summed E-state index contributed by atoms with van der Waals surface area (Å²) in [7, 11) is 0. The summed E-state index contributed by atoms with van der Waals surface area (Å²) in [5.74, 6) is 2.75. The van der Waals surface area contributed by atoms with E-state index in [1.807, 2.05) is 0 Å². The first-order valence-electron chi connectivity index (χ1n) is 13.6. The molecule has 1 saturated carbocycles. The Balaban J connectivity index is 1.41. The van der Waals surface area contributed by atoms with Crippen LogP contribution in [0.25, 0.3) is 11.1 Å². The van der Waals surface area contributed by atoms with Crippen LogP contribution in [0.1, 0.15) is 115 Å². The molecule has 0 unspecified atom stereocenters. The summed E-state index contributed by atoms with van der Waals surface area (Å²) in [6, 6.07) is 18.0. The fraction of sp³-hybridized carbons (Fsp3) is 0.613. The SMILES string of the molecule is CCCCCCCCOc1ccc(-c2ccc(C3CCC(CCCCC)CC3)cc2)cc1. The minimum absolute atomic E-state index is 0.768. The van der Waals surface area contributed by atoms with E-state index in [2.05, 4.69) is 62.4 Å². The molecule has 0 heterocycles. The van der Waals surface area contributed by atoms with Gasteiger partial charge in [0.2, 0.25) is 0 Å². The van der Waals surface area contributed by atoms with Crippen molar-refractivity contribution in [1.82, 2.24) is 0 Å². The molecule has 1 aliphatic rings. The molecule has 1 aliphatic carbocycles. The van der Waals surface area contributed by atoms with Gasteiger partial charge in [0.25, 0.3) is 0 Å². The molecule has 2 aromatic carbocycles. The van der Waals surface area contributed by atoms with Gasteiger partial charge in [0.15, 0.2) is 0 Å². The van der Waals surface area contributed by atoms with Crippen molar-refractivity contribution in [2.24, 2.45) is 5.92 Å². The highest BCUT2D eigenvalue weighted by Gasteiger charge is 2.22. The van der Waals surface area contributed by atoms with Crippen molar-refractivity contribution in [2.45, 2.75) is 110 Å². The van der Waals surface area contributed by atoms with Crippen LogP contribution in [0.5, 0.6) is 5.75 Å². The van der Waals surface area contributed by atoms with Gasteiger partial charge >= 0.3 is 0 Å². The standard InChI is InChI=1S/C31H46O/c1-3-5-7-8-9-11-25-32-31-23-21-30(22-24-31)29-19-17-28(18-20-29)27-15-13-26(14-16-27)12-10-6-4-2/h17-24,26-27H,3-16,25H2,1-2H3. The van der Waals surface area contributed by atoms with Gasteiger partial charge in [-0.3, -0.25) is 0 Å². The maximum absolute atomic E-state index is 5.94. The van der Waals surface area contributed by atoms with E-state index in [1.165, 1.54) is 94.6 Å². The van der Waals surface area contributed by atoms with E-state index in [0.29, 0.717) is 0 Å². The Hall–Kier alpha value is -1.76. The molecule has 0 aliphatic heterocycles. The van der Waals surface area contributed by atoms with E-state index in [4.69, 9.17) is 4.74 Å². The van der Waals surface area contributed by atoms with Crippen LogP contribution in [0.3, 0.4) is 0 Å². The van der Waals surface area contributed by atoms with E-state index in [9.17, 15) is 0 Å². The number of ether oxygens (including phenoxy) is 1. The van der Waals surface area contributed by atoms with Crippen LogP contribution in [0, 0.1) is 5.92 Å². The van der Waals surface area contributed by atoms with Gasteiger partial charge in [-0.1, -0.05) is 108 Å². The zero-order valence-electron chi connectivity index (χ0n) is 20.8. The summed E-state index contributed by atoms with van der Waals surface area (Å²) in [4.78, 5) is 0. The summed E-state index contributed by atoms with van der Waals surface area (Å²) < 4.78 is 5.94. The van der Waals surface area contributed by atoms with E-state index >= 15 is 0 Å². The Labute approximate surface area is 198 Å². The van der Waals surface area contributed by atoms with Gasteiger partial charge in [-0.2, -0.15) is 0 Å². The average molecular weight is 435 g/mol. The van der Waals surface area contributed by atoms with E-state index < -0.39 is 0 Å². The third-order valence-corrected chi connectivity index (χ3v) is 7.40. The molecule has 0 N–H and O–H groups in total. The first-order valence-corrected chi connectivity index (χ1v) is 13.6. The third-order valence-electron chi connectivity index (χ3n) is 7.40. The second kappa shape index (κ2) is 14.4. The van der Waals surface area contributed by atoms with Crippen LogP contribution in [0.2, 0.25) is 0 Å². The predicted octanol–water partition coefficient (Wildman–Crippen LogP) is 9.95. The zero-order valence-corrected chi connectivity index (χ0v) is 20.8. The topological polar surface area (TPSA) is 9.23 Å². The Morgan fingerprint density at radius 2 is 1.19 bits per heavy atom. The molecular formula is C31H46O. The van der Waals surface area contributed by atoms with E-state index in [1.54, 1.807) is 5.56 Å². The summed E-state index contributed by atoms with van der Waals surface area (Å²) in [6.07, 6.45) is 19.1. The monoisotopic (exact) mass is 434 g/mol. The zero-order chi connectivity index (χ0) is 22.4. The lowest BCUT2D eigenvalue weighted by atomic mass is 9.77. The lowest BCUT2D eigenvalue weighted by molar-refractivity contribution is 0.303. The fourth-order valence-corrected chi connectivity index (χ4v) is 5.23. The summed E-state index contributed by atoms with van der Waals surface area (Å²) in [6.45, 7) is 5.41. The van der Waals surface area contributed by atoms with Gasteiger partial charge in [0.05, 0.1) is 6.61 Å². The highest BCUT2D eigenvalue weighted by atomic mass is 16.5. The molecule has 0 radical (unpaired) electrons. The summed E-state index contributed by atoms with van der Waals surface area (Å²) >= 11 is 0. The second-order valence-corrected chi connectivity index (χ2v) is 9.98. The number of rotatable bonds is 14. The van der Waals surface area contributed by atoms with Gasteiger partial charge in [-0.25, -0.2) is 0 Å². The molecule has 0 amide bonds. The summed E-state index contributed by atoms with van der Waals surface area (Å²) in [5.41, 5.74) is 4.13. The molecule has 0 saturated heterocycles. The lowest BCUT2D eigenvalue weighted by Gasteiger charge is -2.29. The van der Waals surface area contributed by atoms with Gasteiger partial charge in [0, 0.05) is 0 Å². The molecule has 1 heteroatoms. The number of benzene rings is 2. The van der Waals surface area contributed by atoms with Gasteiger partial charge < -0.3 is 4.74 Å². The van der Waals surface area contributed by atoms with E-state index in [-0.39, 0.29) is 0 Å². The Morgan fingerprint density at radius 1 is 0.625 bits per heavy atom. The van der Waals surface area contributed by atoms with Crippen LogP contribution in [0.4, 0.5) is 0 Å². The van der Waals surface area contributed by atoms with E-state index in [0.717, 1.165) is 30.6 Å². The molecular weight excluding hydrogens is 388 g/mol. The summed E-state index contributed by atoms with van der Waals surface area (Å²) in [5, 5.41) is 0. The van der Waals surface area contributed by atoms with Crippen LogP contribution in [0.15, 0.2) is 48.5 Å². The molecule has 0 atom stereocenters. The van der Waals surface area contributed by atoms with Gasteiger partial charge in [-0.15, -0.1) is 0 Å². The molecule has 0 aromatic heterocycles. The number of hydrogen-bond acceptors (Lipinski definition) is 1.